The maximum Gasteiger partial charge on any atom is 0.213 e. The van der Waals surface area contributed by atoms with E-state index in [1.807, 2.05) is 30.3 Å². The molecule has 0 atom stereocenters. The summed E-state index contributed by atoms with van der Waals surface area (Å²) in [5.41, 5.74) is 2.14. The lowest BCUT2D eigenvalue weighted by Gasteiger charge is -2.06. The summed E-state index contributed by atoms with van der Waals surface area (Å²) in [4.78, 5) is 8.42. The van der Waals surface area contributed by atoms with Gasteiger partial charge in [-0.1, -0.05) is 6.07 Å². The summed E-state index contributed by atoms with van der Waals surface area (Å²) >= 11 is 3.35. The third-order valence-electron chi connectivity index (χ3n) is 2.42. The van der Waals surface area contributed by atoms with Gasteiger partial charge in [0.25, 0.3) is 0 Å². The van der Waals surface area contributed by atoms with Gasteiger partial charge in [0.15, 0.2) is 0 Å². The smallest absolute Gasteiger partial charge is 0.213 e. The Morgan fingerprint density at radius 2 is 2.17 bits per heavy atom. The first-order valence-electron chi connectivity index (χ1n) is 5.59. The summed E-state index contributed by atoms with van der Waals surface area (Å²) < 4.78 is 5.93. The van der Waals surface area contributed by atoms with Crippen LogP contribution in [-0.2, 0) is 13.1 Å². The van der Waals surface area contributed by atoms with Crippen LogP contribution in [0.1, 0.15) is 11.3 Å². The van der Waals surface area contributed by atoms with Crippen LogP contribution < -0.4 is 10.1 Å². The minimum absolute atomic E-state index is 0.634. The Labute approximate surface area is 115 Å². The number of halogens is 1. The van der Waals surface area contributed by atoms with Gasteiger partial charge in [0.1, 0.15) is 4.60 Å². The molecule has 0 aliphatic heterocycles. The van der Waals surface area contributed by atoms with E-state index in [1.165, 1.54) is 0 Å². The van der Waals surface area contributed by atoms with Gasteiger partial charge in [-0.25, -0.2) is 9.97 Å². The summed E-state index contributed by atoms with van der Waals surface area (Å²) in [5, 5.41) is 3.33. The van der Waals surface area contributed by atoms with Crippen LogP contribution in [0, 0.1) is 0 Å². The molecule has 94 valence electrons. The predicted octanol–water partition coefficient (Wildman–Crippen LogP) is 2.54. The van der Waals surface area contributed by atoms with Crippen molar-refractivity contribution in [2.75, 3.05) is 7.11 Å². The molecule has 0 aliphatic carbocycles. The Hall–Kier alpha value is -1.46. The van der Waals surface area contributed by atoms with Gasteiger partial charge < -0.3 is 10.1 Å². The molecule has 5 heteroatoms. The van der Waals surface area contributed by atoms with E-state index in [0.29, 0.717) is 5.88 Å². The second-order valence-electron chi connectivity index (χ2n) is 3.76. The molecule has 0 bridgehead atoms. The number of hydrogen-bond donors (Lipinski definition) is 1. The van der Waals surface area contributed by atoms with Gasteiger partial charge in [0, 0.05) is 25.4 Å². The van der Waals surface area contributed by atoms with E-state index in [1.54, 1.807) is 13.3 Å². The maximum absolute atomic E-state index is 5.08. The Morgan fingerprint density at radius 3 is 2.94 bits per heavy atom. The zero-order valence-corrected chi connectivity index (χ0v) is 11.6. The molecule has 0 radical (unpaired) electrons. The first-order chi connectivity index (χ1) is 8.78. The highest BCUT2D eigenvalue weighted by Crippen LogP contribution is 2.09. The molecule has 2 aromatic rings. The van der Waals surface area contributed by atoms with Crippen molar-refractivity contribution in [2.24, 2.45) is 0 Å². The molecule has 0 aliphatic rings. The molecule has 4 nitrogen and oxygen atoms in total. The van der Waals surface area contributed by atoms with Gasteiger partial charge in [-0.2, -0.15) is 0 Å². The number of rotatable bonds is 5. The highest BCUT2D eigenvalue weighted by molar-refractivity contribution is 9.10. The minimum Gasteiger partial charge on any atom is -0.481 e. The van der Waals surface area contributed by atoms with Crippen molar-refractivity contribution in [1.82, 2.24) is 15.3 Å². The summed E-state index contributed by atoms with van der Waals surface area (Å²) in [6, 6.07) is 9.76. The topological polar surface area (TPSA) is 47.0 Å². The molecule has 0 saturated heterocycles. The van der Waals surface area contributed by atoms with Gasteiger partial charge in [-0.3, -0.25) is 0 Å². The fourth-order valence-electron chi connectivity index (χ4n) is 1.56. The van der Waals surface area contributed by atoms with Crippen LogP contribution in [0.25, 0.3) is 0 Å². The monoisotopic (exact) mass is 307 g/mol. The van der Waals surface area contributed by atoms with Crippen LogP contribution in [0.5, 0.6) is 5.88 Å². The lowest BCUT2D eigenvalue weighted by molar-refractivity contribution is 0.397. The van der Waals surface area contributed by atoms with E-state index in [4.69, 9.17) is 4.74 Å². The number of nitrogens with zero attached hydrogens (tertiary/aromatic N) is 2. The Bertz CT molecular complexity index is 519. The molecule has 2 aromatic heterocycles. The molecule has 0 unspecified atom stereocenters. The van der Waals surface area contributed by atoms with E-state index in [9.17, 15) is 0 Å². The number of hydrogen-bond acceptors (Lipinski definition) is 4. The first-order valence-corrected chi connectivity index (χ1v) is 6.38. The highest BCUT2D eigenvalue weighted by atomic mass is 79.9. The number of ether oxygens (including phenoxy) is 1. The lowest BCUT2D eigenvalue weighted by Crippen LogP contribution is -2.13. The van der Waals surface area contributed by atoms with E-state index in [-0.39, 0.29) is 0 Å². The number of methoxy groups -OCH3 is 1. The summed E-state index contributed by atoms with van der Waals surface area (Å²) in [6.07, 6.45) is 1.74. The van der Waals surface area contributed by atoms with E-state index < -0.39 is 0 Å². The van der Waals surface area contributed by atoms with Crippen LogP contribution >= 0.6 is 15.9 Å². The lowest BCUT2D eigenvalue weighted by atomic mass is 10.2. The standard InChI is InChI=1S/C13H14BrN3O/c1-18-13-7-10(5-6-16-13)8-15-9-11-3-2-4-12(14)17-11/h2-7,15H,8-9H2,1H3. The van der Waals surface area contributed by atoms with Crippen molar-refractivity contribution in [3.05, 3.63) is 52.4 Å². The molecular formula is C13H14BrN3O. The third-order valence-corrected chi connectivity index (χ3v) is 2.86. The zero-order valence-electron chi connectivity index (χ0n) is 10.1. The van der Waals surface area contributed by atoms with Gasteiger partial charge >= 0.3 is 0 Å². The maximum atomic E-state index is 5.08. The molecular weight excluding hydrogens is 294 g/mol. The fourth-order valence-corrected chi connectivity index (χ4v) is 1.94. The minimum atomic E-state index is 0.634. The summed E-state index contributed by atoms with van der Waals surface area (Å²) in [7, 11) is 1.62. The summed E-state index contributed by atoms with van der Waals surface area (Å²) in [6.45, 7) is 1.48. The average molecular weight is 308 g/mol. The second-order valence-corrected chi connectivity index (χ2v) is 4.57. The normalized spacial score (nSPS) is 10.3. The van der Waals surface area contributed by atoms with Crippen LogP contribution in [0.2, 0.25) is 0 Å². The van der Waals surface area contributed by atoms with Crippen LogP contribution in [0.4, 0.5) is 0 Å². The molecule has 0 spiro atoms. The first kappa shape index (κ1) is 13.0. The molecule has 0 fully saturated rings. The Balaban J connectivity index is 1.88. The Kier molecular flexibility index (Phi) is 4.66. The van der Waals surface area contributed by atoms with Crippen molar-refractivity contribution in [3.8, 4) is 5.88 Å². The number of aromatic nitrogens is 2. The van der Waals surface area contributed by atoms with Crippen LogP contribution in [0.15, 0.2) is 41.1 Å². The SMILES string of the molecule is COc1cc(CNCc2cccc(Br)n2)ccn1. The van der Waals surface area contributed by atoms with Crippen molar-refractivity contribution in [1.29, 1.82) is 0 Å². The largest absolute Gasteiger partial charge is 0.481 e. The van der Waals surface area contributed by atoms with E-state index in [0.717, 1.165) is 29.0 Å². The third kappa shape index (κ3) is 3.78. The molecule has 0 saturated carbocycles. The second kappa shape index (κ2) is 6.47. The zero-order chi connectivity index (χ0) is 12.8. The molecule has 2 heterocycles. The van der Waals surface area contributed by atoms with E-state index >= 15 is 0 Å². The Morgan fingerprint density at radius 1 is 1.28 bits per heavy atom. The number of nitrogens with one attached hydrogen (secondary N) is 1. The fraction of sp³-hybridized carbons (Fsp3) is 0.231. The molecule has 18 heavy (non-hydrogen) atoms. The molecule has 0 aromatic carbocycles. The van der Waals surface area contributed by atoms with Crippen LogP contribution in [-0.4, -0.2) is 17.1 Å². The molecule has 2 rings (SSSR count). The quantitative estimate of drug-likeness (QED) is 0.862. The average Bonchev–Trinajstić information content (AvgIpc) is 2.39. The van der Waals surface area contributed by atoms with Gasteiger partial charge in [-0.15, -0.1) is 0 Å². The van der Waals surface area contributed by atoms with Gasteiger partial charge in [0.2, 0.25) is 5.88 Å². The number of pyridine rings is 2. The van der Waals surface area contributed by atoms with Gasteiger partial charge in [0.05, 0.1) is 12.8 Å². The predicted molar refractivity (Wildman–Crippen MR) is 73.3 cm³/mol. The van der Waals surface area contributed by atoms with Gasteiger partial charge in [-0.05, 0) is 39.7 Å². The van der Waals surface area contributed by atoms with Crippen LogP contribution in [0.3, 0.4) is 0 Å². The van der Waals surface area contributed by atoms with Crippen molar-refractivity contribution in [3.63, 3.8) is 0 Å². The summed E-state index contributed by atoms with van der Waals surface area (Å²) in [5.74, 6) is 0.634. The van der Waals surface area contributed by atoms with Crippen molar-refractivity contribution in [2.45, 2.75) is 13.1 Å². The van der Waals surface area contributed by atoms with E-state index in [2.05, 4.69) is 31.2 Å². The highest BCUT2D eigenvalue weighted by Gasteiger charge is 1.98. The van der Waals surface area contributed by atoms with Crippen molar-refractivity contribution < 1.29 is 4.74 Å². The molecule has 0 amide bonds. The van der Waals surface area contributed by atoms with Crippen molar-refractivity contribution >= 4 is 15.9 Å². The molecule has 1 N–H and O–H groups in total.